The molecule has 0 spiro atoms. The molecule has 2 rings (SSSR count). The number of amides is 1. The summed E-state index contributed by atoms with van der Waals surface area (Å²) in [6.07, 6.45) is 0.0844. The smallest absolute Gasteiger partial charge is 0.418 e. The summed E-state index contributed by atoms with van der Waals surface area (Å²) >= 11 is 0. The lowest BCUT2D eigenvalue weighted by molar-refractivity contribution is -0.136. The van der Waals surface area contributed by atoms with Gasteiger partial charge in [-0.25, -0.2) is 0 Å². The van der Waals surface area contributed by atoms with Crippen molar-refractivity contribution >= 4 is 17.7 Å². The van der Waals surface area contributed by atoms with Gasteiger partial charge >= 0.3 is 6.18 Å². The van der Waals surface area contributed by atoms with Gasteiger partial charge in [-0.15, -0.1) is 0 Å². The minimum atomic E-state index is -4.53. The van der Waals surface area contributed by atoms with E-state index in [4.69, 9.17) is 4.74 Å². The van der Waals surface area contributed by atoms with E-state index in [9.17, 15) is 18.0 Å². The highest BCUT2D eigenvalue weighted by Gasteiger charge is 2.33. The van der Waals surface area contributed by atoms with Crippen molar-refractivity contribution < 1.29 is 22.7 Å². The van der Waals surface area contributed by atoms with E-state index in [1.165, 1.54) is 30.4 Å². The standard InChI is InChI=1S/C20H20F3NO2/c1-2-3-14-26-18-11-7-4-8-15(18)12-13-19(25)24-17-10-6-5-9-16(17)20(21,22)23/h4-13H,2-3,14H2,1H3,(H,24,25). The lowest BCUT2D eigenvalue weighted by Crippen LogP contribution is -2.14. The SMILES string of the molecule is CCCCOc1ccccc1C=CC(=O)Nc1ccccc1C(F)(F)F. The van der Waals surface area contributed by atoms with Gasteiger partial charge in [0.05, 0.1) is 17.9 Å². The Labute approximate surface area is 150 Å². The Morgan fingerprint density at radius 1 is 1.12 bits per heavy atom. The van der Waals surface area contributed by atoms with Crippen LogP contribution in [0.3, 0.4) is 0 Å². The van der Waals surface area contributed by atoms with Gasteiger partial charge in [0.25, 0.3) is 0 Å². The fourth-order valence-corrected chi connectivity index (χ4v) is 2.26. The van der Waals surface area contributed by atoms with Crippen molar-refractivity contribution in [3.8, 4) is 5.75 Å². The van der Waals surface area contributed by atoms with Crippen molar-refractivity contribution in [3.63, 3.8) is 0 Å². The van der Waals surface area contributed by atoms with E-state index in [0.717, 1.165) is 18.9 Å². The summed E-state index contributed by atoms with van der Waals surface area (Å²) in [5, 5.41) is 2.27. The molecule has 1 amide bonds. The Hall–Kier alpha value is -2.76. The quantitative estimate of drug-likeness (QED) is 0.518. The summed E-state index contributed by atoms with van der Waals surface area (Å²) in [5.74, 6) is -0.0225. The van der Waals surface area contributed by atoms with Crippen LogP contribution in [0.5, 0.6) is 5.75 Å². The molecule has 0 aromatic heterocycles. The zero-order chi connectivity index (χ0) is 19.0. The maximum atomic E-state index is 13.0. The van der Waals surface area contributed by atoms with E-state index in [2.05, 4.69) is 12.2 Å². The third-order valence-corrected chi connectivity index (χ3v) is 3.58. The number of halogens is 3. The fourth-order valence-electron chi connectivity index (χ4n) is 2.26. The molecular weight excluding hydrogens is 343 g/mol. The van der Waals surface area contributed by atoms with Crippen LogP contribution in [0, 0.1) is 0 Å². The van der Waals surface area contributed by atoms with Gasteiger partial charge in [0, 0.05) is 11.6 Å². The lowest BCUT2D eigenvalue weighted by Gasteiger charge is -2.12. The molecule has 2 aromatic carbocycles. The van der Waals surface area contributed by atoms with E-state index in [-0.39, 0.29) is 5.69 Å². The number of ether oxygens (including phenoxy) is 1. The maximum Gasteiger partial charge on any atom is 0.418 e. The predicted molar refractivity (Wildman–Crippen MR) is 96.0 cm³/mol. The van der Waals surface area contributed by atoms with E-state index in [1.807, 2.05) is 6.07 Å². The molecule has 0 aliphatic rings. The van der Waals surface area contributed by atoms with Gasteiger partial charge in [-0.3, -0.25) is 4.79 Å². The summed E-state index contributed by atoms with van der Waals surface area (Å²) < 4.78 is 44.6. The molecule has 0 radical (unpaired) electrons. The number of benzene rings is 2. The number of unbranched alkanes of at least 4 members (excludes halogenated alkanes) is 1. The predicted octanol–water partition coefficient (Wildman–Crippen LogP) is 5.54. The van der Waals surface area contributed by atoms with Gasteiger partial charge in [0.2, 0.25) is 5.91 Å². The highest BCUT2D eigenvalue weighted by Crippen LogP contribution is 2.34. The molecule has 0 saturated heterocycles. The molecule has 26 heavy (non-hydrogen) atoms. The van der Waals surface area contributed by atoms with Crippen LogP contribution in [-0.2, 0) is 11.0 Å². The van der Waals surface area contributed by atoms with Crippen LogP contribution in [0.15, 0.2) is 54.6 Å². The molecule has 0 bridgehead atoms. The summed E-state index contributed by atoms with van der Waals surface area (Å²) in [6.45, 7) is 2.62. The van der Waals surface area contributed by atoms with Crippen LogP contribution >= 0.6 is 0 Å². The number of anilines is 1. The summed E-state index contributed by atoms with van der Waals surface area (Å²) in [5.41, 5.74) is -0.477. The Morgan fingerprint density at radius 3 is 2.54 bits per heavy atom. The molecule has 138 valence electrons. The number of hydrogen-bond donors (Lipinski definition) is 1. The number of carbonyl (C=O) groups excluding carboxylic acids is 1. The molecule has 0 fully saturated rings. The Bertz CT molecular complexity index is 770. The Morgan fingerprint density at radius 2 is 1.81 bits per heavy atom. The van der Waals surface area contributed by atoms with Gasteiger partial charge in [-0.2, -0.15) is 13.2 Å². The largest absolute Gasteiger partial charge is 0.493 e. The highest BCUT2D eigenvalue weighted by molar-refractivity contribution is 6.02. The third kappa shape index (κ3) is 5.65. The molecular formula is C20H20F3NO2. The Balaban J connectivity index is 2.10. The third-order valence-electron chi connectivity index (χ3n) is 3.58. The van der Waals surface area contributed by atoms with Crippen molar-refractivity contribution in [2.45, 2.75) is 25.9 Å². The monoisotopic (exact) mass is 363 g/mol. The first-order chi connectivity index (χ1) is 12.4. The number of nitrogens with one attached hydrogen (secondary N) is 1. The average molecular weight is 363 g/mol. The summed E-state index contributed by atoms with van der Waals surface area (Å²) in [4.78, 5) is 12.0. The first kappa shape index (κ1) is 19.6. The van der Waals surface area contributed by atoms with E-state index >= 15 is 0 Å². The zero-order valence-corrected chi connectivity index (χ0v) is 14.3. The molecule has 2 aromatic rings. The Kier molecular flexibility index (Phi) is 6.83. The second kappa shape index (κ2) is 9.08. The number of rotatable bonds is 7. The molecule has 0 aliphatic carbocycles. The minimum absolute atomic E-state index is 0.276. The van der Waals surface area contributed by atoms with Gasteiger partial charge in [0.1, 0.15) is 5.75 Å². The van der Waals surface area contributed by atoms with Crippen LogP contribution < -0.4 is 10.1 Å². The van der Waals surface area contributed by atoms with Crippen molar-refractivity contribution in [3.05, 3.63) is 65.7 Å². The zero-order valence-electron chi connectivity index (χ0n) is 14.3. The van der Waals surface area contributed by atoms with Crippen molar-refractivity contribution in [2.75, 3.05) is 11.9 Å². The van der Waals surface area contributed by atoms with Crippen LogP contribution in [0.2, 0.25) is 0 Å². The number of para-hydroxylation sites is 2. The minimum Gasteiger partial charge on any atom is -0.493 e. The lowest BCUT2D eigenvalue weighted by atomic mass is 10.1. The normalized spacial score (nSPS) is 11.5. The average Bonchev–Trinajstić information content (AvgIpc) is 2.60. The number of alkyl halides is 3. The summed E-state index contributed by atoms with van der Waals surface area (Å²) in [6, 6.07) is 12.0. The van der Waals surface area contributed by atoms with Crippen molar-refractivity contribution in [1.29, 1.82) is 0 Å². The van der Waals surface area contributed by atoms with Crippen LogP contribution in [0.1, 0.15) is 30.9 Å². The number of hydrogen-bond acceptors (Lipinski definition) is 2. The second-order valence-electron chi connectivity index (χ2n) is 5.61. The van der Waals surface area contributed by atoms with Gasteiger partial charge in [0.15, 0.2) is 0 Å². The fraction of sp³-hybridized carbons (Fsp3) is 0.250. The highest BCUT2D eigenvalue weighted by atomic mass is 19.4. The molecule has 0 unspecified atom stereocenters. The van der Waals surface area contributed by atoms with E-state index in [0.29, 0.717) is 17.9 Å². The van der Waals surface area contributed by atoms with Gasteiger partial charge in [-0.1, -0.05) is 43.7 Å². The molecule has 3 nitrogen and oxygen atoms in total. The van der Waals surface area contributed by atoms with Crippen molar-refractivity contribution in [2.24, 2.45) is 0 Å². The summed E-state index contributed by atoms with van der Waals surface area (Å²) in [7, 11) is 0. The van der Waals surface area contributed by atoms with Crippen LogP contribution in [0.25, 0.3) is 6.08 Å². The molecule has 0 aliphatic heterocycles. The first-order valence-corrected chi connectivity index (χ1v) is 8.29. The van der Waals surface area contributed by atoms with Gasteiger partial charge in [-0.05, 0) is 30.7 Å². The van der Waals surface area contributed by atoms with E-state index in [1.54, 1.807) is 18.2 Å². The molecule has 0 heterocycles. The number of carbonyl (C=O) groups is 1. The molecule has 1 N–H and O–H groups in total. The molecule has 0 atom stereocenters. The second-order valence-corrected chi connectivity index (χ2v) is 5.61. The van der Waals surface area contributed by atoms with Crippen LogP contribution in [0.4, 0.5) is 18.9 Å². The maximum absolute atomic E-state index is 13.0. The molecule has 0 saturated carbocycles. The van der Waals surface area contributed by atoms with Crippen molar-refractivity contribution in [1.82, 2.24) is 0 Å². The topological polar surface area (TPSA) is 38.3 Å². The van der Waals surface area contributed by atoms with Crippen LogP contribution in [-0.4, -0.2) is 12.5 Å². The molecule has 6 heteroatoms. The van der Waals surface area contributed by atoms with Gasteiger partial charge < -0.3 is 10.1 Å². The first-order valence-electron chi connectivity index (χ1n) is 8.29. The van der Waals surface area contributed by atoms with E-state index < -0.39 is 17.6 Å².